The maximum Gasteiger partial charge on any atom is 0.144 e. The first-order valence-electron chi connectivity index (χ1n) is 22.2. The van der Waals surface area contributed by atoms with Crippen molar-refractivity contribution in [2.75, 3.05) is 0 Å². The van der Waals surface area contributed by atoms with Gasteiger partial charge in [0.15, 0.2) is 0 Å². The average Bonchev–Trinajstić information content (AvgIpc) is 3.76. The van der Waals surface area contributed by atoms with Crippen molar-refractivity contribution < 1.29 is 4.42 Å². The van der Waals surface area contributed by atoms with Crippen molar-refractivity contribution in [1.82, 2.24) is 9.97 Å². The Kier molecular flexibility index (Phi) is 7.69. The van der Waals surface area contributed by atoms with Gasteiger partial charge in [-0.05, 0) is 84.9 Å². The van der Waals surface area contributed by atoms with Crippen molar-refractivity contribution >= 4 is 97.6 Å². The zero-order valence-electron chi connectivity index (χ0n) is 35.1. The van der Waals surface area contributed by atoms with E-state index in [-0.39, 0.29) is 0 Å². The monoisotopic (exact) mass is 824 g/mol. The van der Waals surface area contributed by atoms with E-state index in [9.17, 15) is 0 Å². The van der Waals surface area contributed by atoms with Gasteiger partial charge in [-0.25, -0.2) is 9.97 Å². The molecule has 3 heterocycles. The summed E-state index contributed by atoms with van der Waals surface area (Å²) in [4.78, 5) is 10.9. The molecule has 0 saturated heterocycles. The lowest BCUT2D eigenvalue weighted by Crippen LogP contribution is -1.95. The molecule has 0 atom stereocenters. The third kappa shape index (κ3) is 5.30. The minimum absolute atomic E-state index is 0.885. The van der Waals surface area contributed by atoms with Crippen LogP contribution in [0.1, 0.15) is 0 Å². The number of hydrogen-bond acceptors (Lipinski definition) is 3. The molecule has 3 nitrogen and oxygen atoms in total. The Hall–Kier alpha value is -8.66. The van der Waals surface area contributed by atoms with Gasteiger partial charge in [0, 0.05) is 54.2 Å². The fourth-order valence-corrected chi connectivity index (χ4v) is 10.8. The number of benzene rings is 11. The fourth-order valence-electron chi connectivity index (χ4n) is 10.8. The summed E-state index contributed by atoms with van der Waals surface area (Å²) in [5, 5.41) is 16.2. The maximum atomic E-state index is 6.73. The molecule has 0 bridgehead atoms. The number of pyridine rings is 2. The number of rotatable bonds is 4. The number of hydrogen-bond donors (Lipinski definition) is 0. The summed E-state index contributed by atoms with van der Waals surface area (Å²) in [6, 6.07) is 78.5. The quantitative estimate of drug-likeness (QED) is 0.131. The van der Waals surface area contributed by atoms with Crippen LogP contribution in [0.3, 0.4) is 0 Å². The second kappa shape index (κ2) is 13.9. The van der Waals surface area contributed by atoms with Crippen LogP contribution in [-0.2, 0) is 0 Å². The highest BCUT2D eigenvalue weighted by atomic mass is 16.3. The lowest BCUT2D eigenvalue weighted by Gasteiger charge is -2.21. The van der Waals surface area contributed by atoms with Crippen LogP contribution >= 0.6 is 0 Å². The van der Waals surface area contributed by atoms with E-state index in [0.717, 1.165) is 88.0 Å². The van der Waals surface area contributed by atoms with Crippen molar-refractivity contribution in [1.29, 1.82) is 0 Å². The average molecular weight is 825 g/mol. The number of para-hydroxylation sites is 2. The predicted octanol–water partition coefficient (Wildman–Crippen LogP) is 17.1. The van der Waals surface area contributed by atoms with Gasteiger partial charge in [0.25, 0.3) is 0 Å². The van der Waals surface area contributed by atoms with Gasteiger partial charge in [-0.2, -0.15) is 0 Å². The summed E-state index contributed by atoms with van der Waals surface area (Å²) in [7, 11) is 0. The van der Waals surface area contributed by atoms with Crippen LogP contribution in [0.25, 0.3) is 142 Å². The Labute approximate surface area is 373 Å². The van der Waals surface area contributed by atoms with Gasteiger partial charge in [-0.3, -0.25) is 0 Å². The summed E-state index contributed by atoms with van der Waals surface area (Å²) < 4.78 is 6.73. The highest BCUT2D eigenvalue weighted by molar-refractivity contribution is 6.30. The highest BCUT2D eigenvalue weighted by Crippen LogP contribution is 2.49. The second-order valence-corrected chi connectivity index (χ2v) is 17.1. The van der Waals surface area contributed by atoms with Gasteiger partial charge in [-0.1, -0.05) is 188 Å². The molecule has 0 aliphatic carbocycles. The molecule has 0 aliphatic rings. The second-order valence-electron chi connectivity index (χ2n) is 17.1. The van der Waals surface area contributed by atoms with Crippen molar-refractivity contribution in [2.45, 2.75) is 0 Å². The smallest absolute Gasteiger partial charge is 0.144 e. The van der Waals surface area contributed by atoms with Gasteiger partial charge in [0.2, 0.25) is 0 Å². The zero-order valence-corrected chi connectivity index (χ0v) is 35.1. The molecular formula is C62H36N2O. The van der Waals surface area contributed by atoms with Crippen molar-refractivity contribution in [3.63, 3.8) is 0 Å². The van der Waals surface area contributed by atoms with E-state index >= 15 is 0 Å². The van der Waals surface area contributed by atoms with E-state index in [2.05, 4.69) is 212 Å². The van der Waals surface area contributed by atoms with Gasteiger partial charge in [0.05, 0.1) is 22.4 Å². The normalized spacial score (nSPS) is 12.0. The molecule has 0 N–H and O–H groups in total. The third-order valence-electron chi connectivity index (χ3n) is 13.6. The van der Waals surface area contributed by atoms with Crippen LogP contribution in [0.4, 0.5) is 0 Å². The molecule has 0 fully saturated rings. The minimum Gasteiger partial charge on any atom is -0.455 e. The molecule has 0 radical (unpaired) electrons. The Morgan fingerprint density at radius 1 is 0.277 bits per heavy atom. The fraction of sp³-hybridized carbons (Fsp3) is 0. The molecule has 14 aromatic rings. The van der Waals surface area contributed by atoms with E-state index < -0.39 is 0 Å². The topological polar surface area (TPSA) is 38.9 Å². The van der Waals surface area contributed by atoms with Crippen LogP contribution in [0.5, 0.6) is 0 Å². The van der Waals surface area contributed by atoms with Gasteiger partial charge in [0.1, 0.15) is 11.2 Å². The molecule has 300 valence electrons. The lowest BCUT2D eigenvalue weighted by atomic mass is 9.83. The molecule has 11 aromatic carbocycles. The summed E-state index contributed by atoms with van der Waals surface area (Å²) >= 11 is 0. The summed E-state index contributed by atoms with van der Waals surface area (Å²) in [6.45, 7) is 0. The number of fused-ring (bicyclic) bond motifs is 14. The van der Waals surface area contributed by atoms with E-state index in [4.69, 9.17) is 14.4 Å². The first kappa shape index (κ1) is 35.9. The third-order valence-corrected chi connectivity index (χ3v) is 13.6. The summed E-state index contributed by atoms with van der Waals surface area (Å²) in [5.74, 6) is 0. The number of aromatic nitrogens is 2. The molecule has 3 heteroatoms. The Morgan fingerprint density at radius 2 is 0.769 bits per heavy atom. The maximum absolute atomic E-state index is 6.73. The van der Waals surface area contributed by atoms with Crippen LogP contribution < -0.4 is 0 Å². The molecular weight excluding hydrogens is 789 g/mol. The summed E-state index contributed by atoms with van der Waals surface area (Å²) in [5.41, 5.74) is 12.5. The SMILES string of the molecule is c1ccc(-c2nc3ccccc3c3c2cc(-c2c4ccccc4c(-c4ccc5c(c4)nc(-c4ccccc4)c4ccc6c7ccccc7oc6c45)c4ccccc24)c2ccccc23)cc1. The number of nitrogens with zero attached hydrogens (tertiary/aromatic N) is 2. The predicted molar refractivity (Wildman–Crippen MR) is 274 cm³/mol. The highest BCUT2D eigenvalue weighted by Gasteiger charge is 2.23. The molecule has 0 spiro atoms. The van der Waals surface area contributed by atoms with Crippen molar-refractivity contribution in [2.24, 2.45) is 0 Å². The summed E-state index contributed by atoms with van der Waals surface area (Å²) in [6.07, 6.45) is 0. The van der Waals surface area contributed by atoms with Gasteiger partial charge in [-0.15, -0.1) is 0 Å². The molecule has 0 amide bonds. The van der Waals surface area contributed by atoms with Gasteiger partial charge >= 0.3 is 0 Å². The van der Waals surface area contributed by atoms with E-state index in [1.807, 2.05) is 6.07 Å². The Morgan fingerprint density at radius 3 is 1.46 bits per heavy atom. The largest absolute Gasteiger partial charge is 0.455 e. The van der Waals surface area contributed by atoms with E-state index in [1.54, 1.807) is 0 Å². The first-order chi connectivity index (χ1) is 32.3. The van der Waals surface area contributed by atoms with E-state index in [0.29, 0.717) is 0 Å². The zero-order chi connectivity index (χ0) is 42.6. The van der Waals surface area contributed by atoms with Crippen LogP contribution in [0.2, 0.25) is 0 Å². The van der Waals surface area contributed by atoms with E-state index in [1.165, 1.54) is 54.4 Å². The van der Waals surface area contributed by atoms with Gasteiger partial charge < -0.3 is 4.42 Å². The Bertz CT molecular complexity index is 4230. The standard InChI is InChI=1S/C62H36N2O/c1-3-17-37(18-4-1)60-50-34-33-47-41-22-14-16-30-55(41)65-62(47)59(50)49-32-31-39(35-54(49)64-60)56-43-24-9-11-26-45(43)57(46-27-12-10-25-44(46)56)51-36-52-58(42-23-8-7-21-40(42)51)48-28-13-15-29-53(48)63-61(52)38-19-5-2-6-20-38/h1-36H. The van der Waals surface area contributed by atoms with Crippen molar-refractivity contribution in [3.8, 4) is 44.8 Å². The first-order valence-corrected chi connectivity index (χ1v) is 22.2. The van der Waals surface area contributed by atoms with Crippen molar-refractivity contribution in [3.05, 3.63) is 218 Å². The Balaban J connectivity index is 1.08. The van der Waals surface area contributed by atoms with Crippen LogP contribution in [-0.4, -0.2) is 9.97 Å². The molecule has 0 aliphatic heterocycles. The van der Waals surface area contributed by atoms with Crippen LogP contribution in [0, 0.1) is 0 Å². The molecule has 0 unspecified atom stereocenters. The number of furan rings is 1. The molecule has 65 heavy (non-hydrogen) atoms. The minimum atomic E-state index is 0.885. The molecule has 0 saturated carbocycles. The van der Waals surface area contributed by atoms with Crippen LogP contribution in [0.15, 0.2) is 223 Å². The molecule has 3 aromatic heterocycles. The molecule has 14 rings (SSSR count). The lowest BCUT2D eigenvalue weighted by molar-refractivity contribution is 0.673.